The summed E-state index contributed by atoms with van der Waals surface area (Å²) in [6, 6.07) is 29.4. The second-order valence-corrected chi connectivity index (χ2v) is 11.0. The normalized spacial score (nSPS) is 14.0. The number of nitrogens with one attached hydrogen (secondary N) is 1. The largest absolute Gasteiger partial charge is 0.439 e. The van der Waals surface area contributed by atoms with Crippen LogP contribution in [0.3, 0.4) is 0 Å². The van der Waals surface area contributed by atoms with Crippen LogP contribution < -0.4 is 15.0 Å². The predicted octanol–water partition coefficient (Wildman–Crippen LogP) is 6.30. The molecular weight excluding hydrogens is 548 g/mol. The van der Waals surface area contributed by atoms with Crippen molar-refractivity contribution in [2.45, 2.75) is 13.3 Å². The molecule has 1 aliphatic rings. The third kappa shape index (κ3) is 7.81. The summed E-state index contributed by atoms with van der Waals surface area (Å²) < 4.78 is 7.06. The first-order valence-corrected chi connectivity index (χ1v) is 14.4. The van der Waals surface area contributed by atoms with E-state index in [1.165, 1.54) is 6.92 Å². The number of ether oxygens (including phenoxy) is 1. The van der Waals surface area contributed by atoms with Crippen molar-refractivity contribution in [1.29, 1.82) is 10.5 Å². The lowest BCUT2D eigenvalue weighted by molar-refractivity contribution is -0.889. The highest BCUT2D eigenvalue weighted by Gasteiger charge is 2.27. The molecule has 220 valence electrons. The van der Waals surface area contributed by atoms with Crippen LogP contribution in [-0.2, 0) is 4.79 Å². The third-order valence-electron chi connectivity index (χ3n) is 7.37. The number of anilines is 1. The number of nitriles is 2. The van der Waals surface area contributed by atoms with Gasteiger partial charge in [0.1, 0.15) is 0 Å². The molecule has 0 spiro atoms. The van der Waals surface area contributed by atoms with Crippen LogP contribution in [0, 0.1) is 29.2 Å². The summed E-state index contributed by atoms with van der Waals surface area (Å²) in [5, 5.41) is 22.7. The highest BCUT2D eigenvalue weighted by Crippen LogP contribution is 2.42. The van der Waals surface area contributed by atoms with Gasteiger partial charge in [0.15, 0.2) is 5.75 Å². The molecule has 0 saturated heterocycles. The van der Waals surface area contributed by atoms with Gasteiger partial charge < -0.3 is 19.4 Å². The molecule has 0 saturated carbocycles. The zero-order valence-electron chi connectivity index (χ0n) is 25.2. The van der Waals surface area contributed by atoms with Gasteiger partial charge in [0.25, 0.3) is 5.70 Å². The zero-order chi connectivity index (χ0) is 31.5. The van der Waals surface area contributed by atoms with Crippen molar-refractivity contribution in [3.8, 4) is 29.0 Å². The van der Waals surface area contributed by atoms with Crippen molar-refractivity contribution in [3.05, 3.63) is 125 Å². The first-order valence-electron chi connectivity index (χ1n) is 14.4. The summed E-state index contributed by atoms with van der Waals surface area (Å²) in [5.74, 6) is 1.23. The maximum Gasteiger partial charge on any atom is 0.270 e. The number of amides is 1. The highest BCUT2D eigenvalue weighted by atomic mass is 16.5. The van der Waals surface area contributed by atoms with Crippen molar-refractivity contribution in [2.75, 3.05) is 45.2 Å². The monoisotopic (exact) mass is 583 g/mol. The summed E-state index contributed by atoms with van der Waals surface area (Å²) in [6.07, 6.45) is 4.19. The first-order chi connectivity index (χ1) is 21.3. The number of quaternary nitrogens is 1. The van der Waals surface area contributed by atoms with E-state index < -0.39 is 0 Å². The minimum atomic E-state index is -0.151. The molecule has 3 aromatic rings. The van der Waals surface area contributed by atoms with E-state index in [1.54, 1.807) is 36.4 Å². The van der Waals surface area contributed by atoms with Crippen LogP contribution in [0.2, 0.25) is 0 Å². The van der Waals surface area contributed by atoms with Gasteiger partial charge in [-0.05, 0) is 34.9 Å². The van der Waals surface area contributed by atoms with Crippen molar-refractivity contribution >= 4 is 17.2 Å². The van der Waals surface area contributed by atoms with E-state index in [4.69, 9.17) is 11.3 Å². The van der Waals surface area contributed by atoms with Gasteiger partial charge in [-0.3, -0.25) is 4.79 Å². The number of hydrogen-bond acceptors (Lipinski definition) is 5. The van der Waals surface area contributed by atoms with Crippen LogP contribution in [0.15, 0.2) is 108 Å². The lowest BCUT2D eigenvalue weighted by atomic mass is 9.96. The summed E-state index contributed by atoms with van der Waals surface area (Å²) >= 11 is 0. The molecule has 0 aromatic heterocycles. The quantitative estimate of drug-likeness (QED) is 0.124. The molecule has 44 heavy (non-hydrogen) atoms. The Labute approximate surface area is 259 Å². The second-order valence-electron chi connectivity index (χ2n) is 11.0. The Morgan fingerprint density at radius 2 is 1.70 bits per heavy atom. The molecule has 8 nitrogen and oxygen atoms in total. The van der Waals surface area contributed by atoms with Crippen molar-refractivity contribution in [3.63, 3.8) is 0 Å². The van der Waals surface area contributed by atoms with E-state index in [-0.39, 0.29) is 22.8 Å². The minimum Gasteiger partial charge on any atom is -0.439 e. The molecule has 1 aliphatic heterocycles. The zero-order valence-corrected chi connectivity index (χ0v) is 25.2. The fourth-order valence-corrected chi connectivity index (χ4v) is 5.06. The highest BCUT2D eigenvalue weighted by molar-refractivity contribution is 5.88. The maximum absolute atomic E-state index is 11.3. The van der Waals surface area contributed by atoms with Crippen molar-refractivity contribution < 1.29 is 14.0 Å². The van der Waals surface area contributed by atoms with Crippen LogP contribution in [0.1, 0.15) is 18.9 Å². The number of allylic oxidation sites excluding steroid dienone is 5. The summed E-state index contributed by atoms with van der Waals surface area (Å²) in [6.45, 7) is 12.0. The molecule has 1 N–H and O–H groups in total. The van der Waals surface area contributed by atoms with E-state index in [0.717, 1.165) is 40.8 Å². The molecule has 1 heterocycles. The number of benzene rings is 3. The topological polar surface area (TPSA) is 93.5 Å². The van der Waals surface area contributed by atoms with Crippen LogP contribution in [0.4, 0.5) is 5.69 Å². The van der Waals surface area contributed by atoms with E-state index in [1.807, 2.05) is 42.5 Å². The van der Waals surface area contributed by atoms with Crippen LogP contribution in [0.5, 0.6) is 5.75 Å². The average Bonchev–Trinajstić information content (AvgIpc) is 3.37. The third-order valence-corrected chi connectivity index (χ3v) is 7.37. The number of likely N-dealkylation sites (N-methyl/N-ethyl adjacent to an activating group) is 1. The molecule has 0 atom stereocenters. The first kappa shape index (κ1) is 31.3. The molecule has 3 aromatic carbocycles. The van der Waals surface area contributed by atoms with Gasteiger partial charge >= 0.3 is 0 Å². The number of fused-ring (bicyclic) bond motifs is 1. The lowest BCUT2D eigenvalue weighted by Crippen LogP contribution is -2.46. The van der Waals surface area contributed by atoms with Crippen LogP contribution >= 0.6 is 0 Å². The SMILES string of the molecule is [C-]#[N+]\C(C#N)=C(/C(C#N)=C/C=C1\Oc2ccc(-c3ccccc3)cc2N1CCC[N+](C)(C)CCNC(C)=O)c1ccccc1. The standard InChI is InChI=1S/C36H34N6O2/c1-27(43)40-20-23-42(3,4)22-11-21-41-33-24-30(28-12-7-5-8-13-28)16-18-34(33)44-35(41)19-17-31(25-37)36(32(26-38)39-2)29-14-9-6-10-15-29/h5-10,12-19,24H,11,20-23H2,1,3-4H3/p+1/b31-17+,35-19-,36-32-. The second kappa shape index (κ2) is 14.5. The molecule has 1 amide bonds. The smallest absolute Gasteiger partial charge is 0.270 e. The Hall–Kier alpha value is -5.62. The van der Waals surface area contributed by atoms with Gasteiger partial charge in [0.2, 0.25) is 11.8 Å². The molecular formula is C36H35N6O2+. The molecule has 0 aliphatic carbocycles. The average molecular weight is 584 g/mol. The van der Waals surface area contributed by atoms with Crippen LogP contribution in [-0.4, -0.2) is 50.7 Å². The van der Waals surface area contributed by atoms with E-state index in [0.29, 0.717) is 30.3 Å². The maximum atomic E-state index is 11.3. The van der Waals surface area contributed by atoms with Gasteiger partial charge in [0, 0.05) is 31.5 Å². The summed E-state index contributed by atoms with van der Waals surface area (Å²) in [7, 11) is 4.29. The molecule has 0 bridgehead atoms. The number of hydrogen-bond donors (Lipinski definition) is 1. The molecule has 0 radical (unpaired) electrons. The molecule has 0 fully saturated rings. The number of carbonyl (C=O) groups excluding carboxylic acids is 1. The predicted molar refractivity (Wildman–Crippen MR) is 172 cm³/mol. The van der Waals surface area contributed by atoms with Gasteiger partial charge in [-0.2, -0.15) is 5.26 Å². The van der Waals surface area contributed by atoms with Crippen molar-refractivity contribution in [1.82, 2.24) is 5.32 Å². The van der Waals surface area contributed by atoms with Gasteiger partial charge in [0.05, 0.1) is 63.7 Å². The Bertz CT molecular complexity index is 1700. The molecule has 0 unspecified atom stereocenters. The fourth-order valence-electron chi connectivity index (χ4n) is 5.06. The van der Waals surface area contributed by atoms with Crippen LogP contribution in [0.25, 0.3) is 21.5 Å². The van der Waals surface area contributed by atoms with E-state index in [2.05, 4.69) is 53.4 Å². The lowest BCUT2D eigenvalue weighted by Gasteiger charge is -2.30. The van der Waals surface area contributed by atoms with E-state index >= 15 is 0 Å². The van der Waals surface area contributed by atoms with Gasteiger partial charge in [-0.25, -0.2) is 10.1 Å². The van der Waals surface area contributed by atoms with Gasteiger partial charge in [-0.15, -0.1) is 0 Å². The Balaban J connectivity index is 1.69. The summed E-state index contributed by atoms with van der Waals surface area (Å²) in [4.78, 5) is 16.8. The summed E-state index contributed by atoms with van der Waals surface area (Å²) in [5.41, 5.74) is 4.02. The van der Waals surface area contributed by atoms with Crippen molar-refractivity contribution in [2.24, 2.45) is 0 Å². The Morgan fingerprint density at radius 1 is 1.00 bits per heavy atom. The van der Waals surface area contributed by atoms with Gasteiger partial charge in [-0.1, -0.05) is 66.7 Å². The number of rotatable bonds is 11. The Morgan fingerprint density at radius 3 is 2.34 bits per heavy atom. The number of nitrogens with zero attached hydrogens (tertiary/aromatic N) is 5. The molecule has 4 rings (SSSR count). The minimum absolute atomic E-state index is 0.0341. The number of carbonyl (C=O) groups is 1. The Kier molecular flexibility index (Phi) is 10.3. The fraction of sp³-hybridized carbons (Fsp3) is 0.222. The molecule has 8 heteroatoms. The van der Waals surface area contributed by atoms with E-state index in [9.17, 15) is 15.3 Å².